The van der Waals surface area contributed by atoms with Gasteiger partial charge in [0, 0.05) is 6.20 Å². The van der Waals surface area contributed by atoms with Gasteiger partial charge in [0.25, 0.3) is 0 Å². The van der Waals surface area contributed by atoms with Crippen LogP contribution in [0.4, 0.5) is 0 Å². The molecule has 0 bridgehead atoms. The highest BCUT2D eigenvalue weighted by atomic mass is 16.5. The number of ether oxygens (including phenoxy) is 1. The van der Waals surface area contributed by atoms with Crippen molar-refractivity contribution in [2.75, 3.05) is 13.7 Å². The number of nitrogens with zero attached hydrogens (tertiary/aromatic N) is 2. The molecule has 0 aliphatic heterocycles. The van der Waals surface area contributed by atoms with Crippen molar-refractivity contribution in [3.05, 3.63) is 18.0 Å². The molecule has 12 heavy (non-hydrogen) atoms. The maximum absolute atomic E-state index is 10.9. The number of aliphatic hydroxyl groups excluding tert-OH is 1. The molecule has 5 heteroatoms. The standard InChI is InChI=1S/C7H10N2O3/c1-12-7(11)6-4-8-9(5-6)2-3-10/h4-5,10H,2-3H2,1H3. The number of aliphatic hydroxyl groups is 1. The molecule has 0 unspecified atom stereocenters. The fourth-order valence-corrected chi connectivity index (χ4v) is 0.812. The summed E-state index contributed by atoms with van der Waals surface area (Å²) in [7, 11) is 1.31. The maximum atomic E-state index is 10.9. The third-order valence-electron chi connectivity index (χ3n) is 1.38. The number of esters is 1. The van der Waals surface area contributed by atoms with Crippen molar-refractivity contribution < 1.29 is 14.6 Å². The SMILES string of the molecule is COC(=O)c1cnn(CCO)c1. The first-order chi connectivity index (χ1) is 5.77. The van der Waals surface area contributed by atoms with Crippen molar-refractivity contribution in [2.45, 2.75) is 6.54 Å². The first kappa shape index (κ1) is 8.73. The number of methoxy groups -OCH3 is 1. The summed E-state index contributed by atoms with van der Waals surface area (Å²) in [4.78, 5) is 10.9. The minimum Gasteiger partial charge on any atom is -0.465 e. The molecule has 0 fully saturated rings. The second-order valence-electron chi connectivity index (χ2n) is 2.21. The summed E-state index contributed by atoms with van der Waals surface area (Å²) in [5.41, 5.74) is 0.394. The fourth-order valence-electron chi connectivity index (χ4n) is 0.812. The van der Waals surface area contributed by atoms with Gasteiger partial charge in [-0.2, -0.15) is 5.10 Å². The average molecular weight is 170 g/mol. The van der Waals surface area contributed by atoms with Gasteiger partial charge in [0.1, 0.15) is 0 Å². The molecule has 1 aromatic heterocycles. The van der Waals surface area contributed by atoms with Crippen LogP contribution >= 0.6 is 0 Å². The molecule has 5 nitrogen and oxygen atoms in total. The quantitative estimate of drug-likeness (QED) is 0.630. The summed E-state index contributed by atoms with van der Waals surface area (Å²) in [6, 6.07) is 0. The predicted octanol–water partition coefficient (Wildman–Crippen LogP) is -0.338. The molecule has 0 aromatic carbocycles. The van der Waals surface area contributed by atoms with E-state index in [1.54, 1.807) is 0 Å². The van der Waals surface area contributed by atoms with Crippen molar-refractivity contribution in [1.82, 2.24) is 9.78 Å². The molecule has 1 N–H and O–H groups in total. The Morgan fingerprint density at radius 3 is 3.17 bits per heavy atom. The van der Waals surface area contributed by atoms with Crippen molar-refractivity contribution >= 4 is 5.97 Å². The lowest BCUT2D eigenvalue weighted by Gasteiger charge is -1.94. The Bertz CT molecular complexity index is 269. The van der Waals surface area contributed by atoms with Gasteiger partial charge in [-0.25, -0.2) is 4.79 Å². The van der Waals surface area contributed by atoms with Gasteiger partial charge in [0.2, 0.25) is 0 Å². The van der Waals surface area contributed by atoms with E-state index in [0.29, 0.717) is 12.1 Å². The van der Waals surface area contributed by atoms with E-state index in [4.69, 9.17) is 5.11 Å². The Kier molecular flexibility index (Phi) is 2.82. The minimum absolute atomic E-state index is 0.00227. The van der Waals surface area contributed by atoms with E-state index < -0.39 is 5.97 Å². The lowest BCUT2D eigenvalue weighted by Crippen LogP contribution is -2.02. The van der Waals surface area contributed by atoms with Crippen molar-refractivity contribution in [2.24, 2.45) is 0 Å². The van der Waals surface area contributed by atoms with Crippen LogP contribution in [0.2, 0.25) is 0 Å². The first-order valence-corrected chi connectivity index (χ1v) is 3.49. The number of carbonyl (C=O) groups excluding carboxylic acids is 1. The number of carbonyl (C=O) groups is 1. The van der Waals surface area contributed by atoms with Crippen LogP contribution in [0.25, 0.3) is 0 Å². The summed E-state index contributed by atoms with van der Waals surface area (Å²) in [6.07, 6.45) is 2.93. The molecule has 0 amide bonds. The third kappa shape index (κ3) is 1.82. The van der Waals surface area contributed by atoms with Gasteiger partial charge in [0.05, 0.1) is 32.0 Å². The van der Waals surface area contributed by atoms with E-state index in [1.807, 2.05) is 0 Å². The zero-order valence-electron chi connectivity index (χ0n) is 6.73. The molecule has 1 rings (SSSR count). The van der Waals surface area contributed by atoms with Gasteiger partial charge in [0.15, 0.2) is 0 Å². The third-order valence-corrected chi connectivity index (χ3v) is 1.38. The van der Waals surface area contributed by atoms with Crippen molar-refractivity contribution in [3.8, 4) is 0 Å². The Morgan fingerprint density at radius 2 is 2.58 bits per heavy atom. The smallest absolute Gasteiger partial charge is 0.341 e. The second-order valence-corrected chi connectivity index (χ2v) is 2.21. The molecule has 1 heterocycles. The number of hydrogen-bond donors (Lipinski definition) is 1. The Hall–Kier alpha value is -1.36. The molecule has 0 saturated carbocycles. The van der Waals surface area contributed by atoms with Gasteiger partial charge in [-0.05, 0) is 0 Å². The highest BCUT2D eigenvalue weighted by molar-refractivity contribution is 5.88. The van der Waals surface area contributed by atoms with Gasteiger partial charge in [-0.15, -0.1) is 0 Å². The minimum atomic E-state index is -0.417. The lowest BCUT2D eigenvalue weighted by molar-refractivity contribution is 0.0600. The summed E-state index contributed by atoms with van der Waals surface area (Å²) >= 11 is 0. The van der Waals surface area contributed by atoms with Crippen LogP contribution in [-0.2, 0) is 11.3 Å². The van der Waals surface area contributed by atoms with Crippen LogP contribution in [0.3, 0.4) is 0 Å². The molecule has 66 valence electrons. The van der Waals surface area contributed by atoms with E-state index in [9.17, 15) is 4.79 Å². The first-order valence-electron chi connectivity index (χ1n) is 3.49. The Morgan fingerprint density at radius 1 is 1.83 bits per heavy atom. The number of aromatic nitrogens is 2. The van der Waals surface area contributed by atoms with Crippen LogP contribution in [0.1, 0.15) is 10.4 Å². The van der Waals surface area contributed by atoms with Crippen LogP contribution in [0, 0.1) is 0 Å². The normalized spacial score (nSPS) is 9.83. The van der Waals surface area contributed by atoms with Gasteiger partial charge in [-0.1, -0.05) is 0 Å². The van der Waals surface area contributed by atoms with Crippen molar-refractivity contribution in [1.29, 1.82) is 0 Å². The largest absolute Gasteiger partial charge is 0.465 e. The van der Waals surface area contributed by atoms with Crippen LogP contribution in [0.5, 0.6) is 0 Å². The lowest BCUT2D eigenvalue weighted by atomic mass is 10.4. The van der Waals surface area contributed by atoms with Crippen molar-refractivity contribution in [3.63, 3.8) is 0 Å². The van der Waals surface area contributed by atoms with Crippen LogP contribution in [0.15, 0.2) is 12.4 Å². The predicted molar refractivity (Wildman–Crippen MR) is 40.7 cm³/mol. The van der Waals surface area contributed by atoms with Crippen LogP contribution in [-0.4, -0.2) is 34.6 Å². The summed E-state index contributed by atoms with van der Waals surface area (Å²) in [5, 5.41) is 12.4. The Balaban J connectivity index is 2.70. The van der Waals surface area contributed by atoms with E-state index in [-0.39, 0.29) is 6.61 Å². The zero-order valence-corrected chi connectivity index (χ0v) is 6.73. The molecule has 0 aliphatic carbocycles. The highest BCUT2D eigenvalue weighted by Gasteiger charge is 2.06. The molecule has 0 saturated heterocycles. The monoisotopic (exact) mass is 170 g/mol. The van der Waals surface area contributed by atoms with E-state index >= 15 is 0 Å². The highest BCUT2D eigenvalue weighted by Crippen LogP contribution is 1.98. The number of hydrogen-bond acceptors (Lipinski definition) is 4. The molecule has 1 aromatic rings. The van der Waals surface area contributed by atoms with Gasteiger partial charge < -0.3 is 9.84 Å². The summed E-state index contributed by atoms with van der Waals surface area (Å²) in [6.45, 7) is 0.388. The fraction of sp³-hybridized carbons (Fsp3) is 0.429. The second kappa shape index (κ2) is 3.87. The molecule has 0 spiro atoms. The van der Waals surface area contributed by atoms with Crippen LogP contribution < -0.4 is 0 Å². The van der Waals surface area contributed by atoms with E-state index in [0.717, 1.165) is 0 Å². The maximum Gasteiger partial charge on any atom is 0.341 e. The number of rotatable bonds is 3. The molecular weight excluding hydrogens is 160 g/mol. The topological polar surface area (TPSA) is 64.3 Å². The molecule has 0 atom stereocenters. The average Bonchev–Trinajstić information content (AvgIpc) is 2.52. The summed E-state index contributed by atoms with van der Waals surface area (Å²) < 4.78 is 5.95. The molecule has 0 radical (unpaired) electrons. The van der Waals surface area contributed by atoms with E-state index in [2.05, 4.69) is 9.84 Å². The van der Waals surface area contributed by atoms with E-state index in [1.165, 1.54) is 24.2 Å². The van der Waals surface area contributed by atoms with Gasteiger partial charge >= 0.3 is 5.97 Å². The summed E-state index contributed by atoms with van der Waals surface area (Å²) in [5.74, 6) is -0.417. The molecule has 0 aliphatic rings. The molecular formula is C7H10N2O3. The zero-order chi connectivity index (χ0) is 8.97. The van der Waals surface area contributed by atoms with Gasteiger partial charge in [-0.3, -0.25) is 4.68 Å². The Labute approximate surface area is 69.6 Å².